The van der Waals surface area contributed by atoms with Crippen molar-refractivity contribution in [3.63, 3.8) is 0 Å². The molecule has 70 valence electrons. The van der Waals surface area contributed by atoms with Gasteiger partial charge in [0.05, 0.1) is 12.5 Å². The number of nitrogens with one attached hydrogen (secondary N) is 1. The summed E-state index contributed by atoms with van der Waals surface area (Å²) in [5, 5.41) is 13.3. The van der Waals surface area contributed by atoms with Gasteiger partial charge in [-0.1, -0.05) is 0 Å². The van der Waals surface area contributed by atoms with Crippen molar-refractivity contribution < 1.29 is 14.7 Å². The second-order valence-corrected chi connectivity index (χ2v) is 3.23. The van der Waals surface area contributed by atoms with Crippen LogP contribution in [0.3, 0.4) is 0 Å². The third kappa shape index (κ3) is 2.83. The van der Waals surface area contributed by atoms with E-state index in [9.17, 15) is 9.59 Å². The van der Waals surface area contributed by atoms with E-state index in [0.717, 1.165) is 0 Å². The molecule has 0 saturated carbocycles. The molecule has 6 heteroatoms. The van der Waals surface area contributed by atoms with Crippen molar-refractivity contribution >= 4 is 23.7 Å². The Labute approximate surface area is 78.4 Å². The Morgan fingerprint density at radius 2 is 2.62 bits per heavy atom. The predicted octanol–water partition coefficient (Wildman–Crippen LogP) is 0.405. The van der Waals surface area contributed by atoms with Gasteiger partial charge in [-0.25, -0.2) is 4.98 Å². The van der Waals surface area contributed by atoms with Crippen LogP contribution in [0, 0.1) is 0 Å². The molecule has 1 aromatic rings. The zero-order valence-electron chi connectivity index (χ0n) is 6.64. The van der Waals surface area contributed by atoms with E-state index in [2.05, 4.69) is 10.3 Å². The van der Waals surface area contributed by atoms with Crippen molar-refractivity contribution in [2.75, 3.05) is 0 Å². The normalized spacial score (nSPS) is 12.0. The van der Waals surface area contributed by atoms with Crippen LogP contribution in [0.25, 0.3) is 0 Å². The summed E-state index contributed by atoms with van der Waals surface area (Å²) in [4.78, 5) is 24.5. The fourth-order valence-corrected chi connectivity index (χ4v) is 1.58. The van der Waals surface area contributed by atoms with Gasteiger partial charge in [-0.3, -0.25) is 9.59 Å². The molecule has 0 radical (unpaired) electrons. The first-order valence-electron chi connectivity index (χ1n) is 3.55. The molecule has 0 aromatic carbocycles. The van der Waals surface area contributed by atoms with Crippen LogP contribution < -0.4 is 5.32 Å². The largest absolute Gasteiger partial charge is 0.481 e. The van der Waals surface area contributed by atoms with E-state index in [1.807, 2.05) is 0 Å². The third-order valence-electron chi connectivity index (χ3n) is 1.40. The van der Waals surface area contributed by atoms with Crippen LogP contribution in [0.2, 0.25) is 0 Å². The van der Waals surface area contributed by atoms with E-state index < -0.39 is 12.0 Å². The lowest BCUT2D eigenvalue weighted by Crippen LogP contribution is -2.22. The number of hydrogen-bond donors (Lipinski definition) is 2. The van der Waals surface area contributed by atoms with Crippen molar-refractivity contribution in [1.82, 2.24) is 10.3 Å². The molecule has 0 aliphatic rings. The van der Waals surface area contributed by atoms with Crippen molar-refractivity contribution in [1.29, 1.82) is 0 Å². The Balaban J connectivity index is 2.67. The van der Waals surface area contributed by atoms with Crippen molar-refractivity contribution in [3.8, 4) is 0 Å². The number of aromatic nitrogens is 1. The first-order chi connectivity index (χ1) is 6.24. The first kappa shape index (κ1) is 9.66. The maximum atomic E-state index is 10.4. The Hall–Kier alpha value is -1.43. The molecule has 13 heavy (non-hydrogen) atoms. The van der Waals surface area contributed by atoms with E-state index in [4.69, 9.17) is 5.11 Å². The summed E-state index contributed by atoms with van der Waals surface area (Å²) in [6, 6.07) is -0.519. The molecule has 1 unspecified atom stereocenters. The molecular weight excluding hydrogens is 192 g/mol. The second kappa shape index (κ2) is 4.56. The molecule has 0 aliphatic carbocycles. The summed E-state index contributed by atoms with van der Waals surface area (Å²) in [6.45, 7) is 0. The second-order valence-electron chi connectivity index (χ2n) is 2.31. The van der Waals surface area contributed by atoms with Crippen LogP contribution in [0.5, 0.6) is 0 Å². The highest BCUT2D eigenvalue weighted by molar-refractivity contribution is 7.09. The lowest BCUT2D eigenvalue weighted by atomic mass is 10.2. The molecular formula is C7H8N2O3S. The predicted molar refractivity (Wildman–Crippen MR) is 46.3 cm³/mol. The molecule has 2 N–H and O–H groups in total. The smallest absolute Gasteiger partial charge is 0.305 e. The number of nitrogens with zero attached hydrogens (tertiary/aromatic N) is 1. The quantitative estimate of drug-likeness (QED) is 0.674. The minimum absolute atomic E-state index is 0.147. The molecule has 0 bridgehead atoms. The Bertz CT molecular complexity index is 286. The monoisotopic (exact) mass is 200 g/mol. The summed E-state index contributed by atoms with van der Waals surface area (Å²) in [5.41, 5.74) is 0. The molecule has 5 nitrogen and oxygen atoms in total. The highest BCUT2D eigenvalue weighted by atomic mass is 32.1. The summed E-state index contributed by atoms with van der Waals surface area (Å²) in [6.07, 6.45) is 1.91. The molecule has 1 heterocycles. The highest BCUT2D eigenvalue weighted by Gasteiger charge is 2.16. The van der Waals surface area contributed by atoms with Gasteiger partial charge in [-0.05, 0) is 0 Å². The topological polar surface area (TPSA) is 79.3 Å². The Morgan fingerprint density at radius 1 is 1.85 bits per heavy atom. The molecule has 0 aliphatic heterocycles. The van der Waals surface area contributed by atoms with Gasteiger partial charge in [0.15, 0.2) is 0 Å². The fraction of sp³-hybridized carbons (Fsp3) is 0.286. The standard InChI is InChI=1S/C7H8N2O3S/c10-4-9-5(3-6(11)12)7-8-1-2-13-7/h1-2,4-5H,3H2,(H,9,10)(H,11,12). The van der Waals surface area contributed by atoms with E-state index in [1.165, 1.54) is 11.3 Å². The zero-order chi connectivity index (χ0) is 9.68. The molecule has 1 atom stereocenters. The van der Waals surface area contributed by atoms with Crippen LogP contribution in [0.1, 0.15) is 17.5 Å². The number of carbonyl (C=O) groups is 2. The van der Waals surface area contributed by atoms with Gasteiger partial charge in [-0.15, -0.1) is 11.3 Å². The summed E-state index contributed by atoms with van der Waals surface area (Å²) in [7, 11) is 0. The van der Waals surface area contributed by atoms with E-state index in [-0.39, 0.29) is 6.42 Å². The van der Waals surface area contributed by atoms with Crippen LogP contribution in [0.4, 0.5) is 0 Å². The van der Waals surface area contributed by atoms with Crippen LogP contribution in [-0.2, 0) is 9.59 Å². The zero-order valence-corrected chi connectivity index (χ0v) is 7.45. The third-order valence-corrected chi connectivity index (χ3v) is 2.29. The average molecular weight is 200 g/mol. The molecule has 1 aromatic heterocycles. The van der Waals surface area contributed by atoms with Gasteiger partial charge in [0.2, 0.25) is 6.41 Å². The van der Waals surface area contributed by atoms with Crippen molar-refractivity contribution in [2.45, 2.75) is 12.5 Å². The van der Waals surface area contributed by atoms with Gasteiger partial charge < -0.3 is 10.4 Å². The minimum Gasteiger partial charge on any atom is -0.481 e. The van der Waals surface area contributed by atoms with Gasteiger partial charge in [-0.2, -0.15) is 0 Å². The molecule has 0 saturated heterocycles. The SMILES string of the molecule is O=CNC(CC(=O)O)c1nccs1. The van der Waals surface area contributed by atoms with Crippen LogP contribution in [-0.4, -0.2) is 22.5 Å². The summed E-state index contributed by atoms with van der Waals surface area (Å²) >= 11 is 1.32. The summed E-state index contributed by atoms with van der Waals surface area (Å²) in [5.74, 6) is -0.963. The molecule has 1 amide bonds. The molecule has 1 rings (SSSR count). The molecule has 0 fully saturated rings. The minimum atomic E-state index is -0.963. The number of carbonyl (C=O) groups excluding carboxylic acids is 1. The molecule has 0 spiro atoms. The Morgan fingerprint density at radius 3 is 3.08 bits per heavy atom. The van der Waals surface area contributed by atoms with Crippen molar-refractivity contribution in [2.24, 2.45) is 0 Å². The highest BCUT2D eigenvalue weighted by Crippen LogP contribution is 2.18. The van der Waals surface area contributed by atoms with Gasteiger partial charge in [0.1, 0.15) is 5.01 Å². The lowest BCUT2D eigenvalue weighted by molar-refractivity contribution is -0.137. The number of amides is 1. The number of thiazole rings is 1. The summed E-state index contributed by atoms with van der Waals surface area (Å²) < 4.78 is 0. The maximum Gasteiger partial charge on any atom is 0.305 e. The number of carboxylic acids is 1. The fourth-order valence-electron chi connectivity index (χ4n) is 0.881. The first-order valence-corrected chi connectivity index (χ1v) is 4.43. The lowest BCUT2D eigenvalue weighted by Gasteiger charge is -2.09. The van der Waals surface area contributed by atoms with Crippen LogP contribution in [0.15, 0.2) is 11.6 Å². The number of rotatable bonds is 5. The number of carboxylic acid groups (broad SMARTS) is 1. The van der Waals surface area contributed by atoms with Crippen LogP contribution >= 0.6 is 11.3 Å². The van der Waals surface area contributed by atoms with Gasteiger partial charge >= 0.3 is 5.97 Å². The Kier molecular flexibility index (Phi) is 3.39. The van der Waals surface area contributed by atoms with E-state index in [1.54, 1.807) is 11.6 Å². The van der Waals surface area contributed by atoms with Crippen molar-refractivity contribution in [3.05, 3.63) is 16.6 Å². The number of aliphatic carboxylic acids is 1. The maximum absolute atomic E-state index is 10.4. The van der Waals surface area contributed by atoms with Gasteiger partial charge in [0.25, 0.3) is 0 Å². The average Bonchev–Trinajstić information content (AvgIpc) is 2.54. The van der Waals surface area contributed by atoms with E-state index >= 15 is 0 Å². The number of hydrogen-bond acceptors (Lipinski definition) is 4. The van der Waals surface area contributed by atoms with Gasteiger partial charge in [0, 0.05) is 11.6 Å². The van der Waals surface area contributed by atoms with E-state index in [0.29, 0.717) is 11.4 Å².